The Balaban J connectivity index is 1.80. The predicted molar refractivity (Wildman–Crippen MR) is 114 cm³/mol. The van der Waals surface area contributed by atoms with Gasteiger partial charge in [-0.1, -0.05) is 12.1 Å². The third-order valence-electron chi connectivity index (χ3n) is 4.25. The van der Waals surface area contributed by atoms with Gasteiger partial charge in [-0.25, -0.2) is 4.98 Å². The first-order valence-corrected chi connectivity index (χ1v) is 8.92. The monoisotopic (exact) mass is 405 g/mol. The van der Waals surface area contributed by atoms with E-state index in [4.69, 9.17) is 9.47 Å². The Labute approximate surface area is 172 Å². The van der Waals surface area contributed by atoms with Gasteiger partial charge in [0, 0.05) is 24.0 Å². The Bertz CT molecular complexity index is 1090. The maximum atomic E-state index is 12.7. The van der Waals surface area contributed by atoms with Crippen molar-refractivity contribution in [2.75, 3.05) is 19.5 Å². The van der Waals surface area contributed by atoms with Crippen LogP contribution in [0, 0.1) is 10.1 Å². The van der Waals surface area contributed by atoms with Crippen molar-refractivity contribution in [1.82, 2.24) is 4.98 Å². The van der Waals surface area contributed by atoms with E-state index < -0.39 is 4.92 Å². The fourth-order valence-corrected chi connectivity index (χ4v) is 2.73. The number of allylic oxidation sites excluding steroid dienone is 1. The minimum Gasteiger partial charge on any atom is -0.493 e. The molecule has 0 spiro atoms. The number of non-ortho nitro benzene ring substituents is 1. The minimum atomic E-state index is -0.474. The smallest absolute Gasteiger partial charge is 0.269 e. The van der Waals surface area contributed by atoms with E-state index in [1.165, 1.54) is 18.2 Å². The number of aromatic nitrogens is 1. The number of nitrogens with one attached hydrogen (secondary N) is 1. The molecule has 1 N–H and O–H groups in total. The molecule has 30 heavy (non-hydrogen) atoms. The molecule has 0 saturated heterocycles. The molecule has 0 aliphatic rings. The van der Waals surface area contributed by atoms with Crippen molar-refractivity contribution in [2.45, 2.75) is 0 Å². The van der Waals surface area contributed by atoms with Crippen molar-refractivity contribution in [3.05, 3.63) is 88.1 Å². The number of hydrogen-bond acceptors (Lipinski definition) is 7. The number of hydrogen-bond donors (Lipinski definition) is 1. The molecular weight excluding hydrogens is 386 g/mol. The van der Waals surface area contributed by atoms with Crippen LogP contribution >= 0.6 is 0 Å². The number of benzene rings is 2. The van der Waals surface area contributed by atoms with Gasteiger partial charge >= 0.3 is 0 Å². The molecule has 3 aromatic rings. The van der Waals surface area contributed by atoms with Crippen molar-refractivity contribution in [3.8, 4) is 11.5 Å². The zero-order valence-electron chi connectivity index (χ0n) is 16.4. The van der Waals surface area contributed by atoms with Crippen LogP contribution in [-0.2, 0) is 0 Å². The van der Waals surface area contributed by atoms with E-state index in [0.717, 1.165) is 5.56 Å². The Morgan fingerprint density at radius 2 is 1.80 bits per heavy atom. The number of nitrogens with zero attached hydrogens (tertiary/aromatic N) is 2. The fraction of sp³-hybridized carbons (Fsp3) is 0.0909. The van der Waals surface area contributed by atoms with E-state index in [-0.39, 0.29) is 11.5 Å². The standard InChI is InChI=1S/C22H19N3O5/c1-29-20-12-6-15(14-21(20)30-2)5-11-19(26)18-4-3-13-23-22(18)24-16-7-9-17(10-8-16)25(27)28/h3-14H,1-2H3,(H,23,24). The molecule has 3 rings (SSSR count). The second-order valence-electron chi connectivity index (χ2n) is 6.14. The number of nitro benzene ring substituents is 1. The summed E-state index contributed by atoms with van der Waals surface area (Å²) in [5.41, 5.74) is 1.70. The van der Waals surface area contributed by atoms with Crippen LogP contribution < -0.4 is 14.8 Å². The average molecular weight is 405 g/mol. The second-order valence-corrected chi connectivity index (χ2v) is 6.14. The van der Waals surface area contributed by atoms with Gasteiger partial charge in [-0.15, -0.1) is 0 Å². The summed E-state index contributed by atoms with van der Waals surface area (Å²) in [7, 11) is 3.10. The number of anilines is 2. The lowest BCUT2D eigenvalue weighted by atomic mass is 10.1. The van der Waals surface area contributed by atoms with Gasteiger partial charge in [0.25, 0.3) is 5.69 Å². The summed E-state index contributed by atoms with van der Waals surface area (Å²) < 4.78 is 10.5. The molecule has 1 aromatic heterocycles. The highest BCUT2D eigenvalue weighted by molar-refractivity contribution is 6.10. The topological polar surface area (TPSA) is 104 Å². The SMILES string of the molecule is COc1ccc(C=CC(=O)c2cccnc2Nc2ccc([N+](=O)[O-])cc2)cc1OC. The molecule has 0 atom stereocenters. The Morgan fingerprint density at radius 3 is 2.47 bits per heavy atom. The van der Waals surface area contributed by atoms with Gasteiger partial charge in [0.2, 0.25) is 0 Å². The molecule has 0 bridgehead atoms. The molecule has 0 saturated carbocycles. The van der Waals surface area contributed by atoms with Gasteiger partial charge in [-0.05, 0) is 48.0 Å². The molecular formula is C22H19N3O5. The van der Waals surface area contributed by atoms with Gasteiger partial charge in [0.05, 0.1) is 24.7 Å². The molecule has 0 fully saturated rings. The molecule has 0 radical (unpaired) electrons. The number of pyridine rings is 1. The predicted octanol–water partition coefficient (Wildman–Crippen LogP) is 4.65. The number of carbonyl (C=O) groups is 1. The van der Waals surface area contributed by atoms with Gasteiger partial charge in [-0.3, -0.25) is 14.9 Å². The summed E-state index contributed by atoms with van der Waals surface area (Å²) in [6.07, 6.45) is 4.68. The summed E-state index contributed by atoms with van der Waals surface area (Å²) >= 11 is 0. The molecule has 152 valence electrons. The molecule has 0 unspecified atom stereocenters. The zero-order chi connectivity index (χ0) is 21.5. The largest absolute Gasteiger partial charge is 0.493 e. The van der Waals surface area contributed by atoms with Crippen molar-refractivity contribution in [3.63, 3.8) is 0 Å². The summed E-state index contributed by atoms with van der Waals surface area (Å²) in [6, 6.07) is 14.5. The van der Waals surface area contributed by atoms with Gasteiger partial charge in [0.15, 0.2) is 17.3 Å². The van der Waals surface area contributed by atoms with Crippen LogP contribution in [0.15, 0.2) is 66.9 Å². The van der Waals surface area contributed by atoms with Crippen molar-refractivity contribution < 1.29 is 19.2 Å². The highest BCUT2D eigenvalue weighted by Gasteiger charge is 2.11. The third kappa shape index (κ3) is 4.79. The molecule has 8 nitrogen and oxygen atoms in total. The summed E-state index contributed by atoms with van der Waals surface area (Å²) in [5.74, 6) is 1.27. The highest BCUT2D eigenvalue weighted by atomic mass is 16.6. The zero-order valence-corrected chi connectivity index (χ0v) is 16.4. The van der Waals surface area contributed by atoms with Crippen LogP contribution in [0.5, 0.6) is 11.5 Å². The van der Waals surface area contributed by atoms with Crippen LogP contribution in [0.4, 0.5) is 17.2 Å². The van der Waals surface area contributed by atoms with Crippen molar-refractivity contribution in [1.29, 1.82) is 0 Å². The maximum Gasteiger partial charge on any atom is 0.269 e. The van der Waals surface area contributed by atoms with E-state index in [9.17, 15) is 14.9 Å². The number of ether oxygens (including phenoxy) is 2. The van der Waals surface area contributed by atoms with Crippen molar-refractivity contribution in [2.24, 2.45) is 0 Å². The molecule has 2 aromatic carbocycles. The van der Waals surface area contributed by atoms with Gasteiger partial charge in [0.1, 0.15) is 5.82 Å². The molecule has 0 aliphatic heterocycles. The Kier molecular flexibility index (Phi) is 6.39. The Hall–Kier alpha value is -4.20. The minimum absolute atomic E-state index is 0.0178. The van der Waals surface area contributed by atoms with Crippen LogP contribution in [0.1, 0.15) is 15.9 Å². The van der Waals surface area contributed by atoms with E-state index in [1.54, 1.807) is 62.9 Å². The maximum absolute atomic E-state index is 12.7. The lowest BCUT2D eigenvalue weighted by molar-refractivity contribution is -0.384. The fourth-order valence-electron chi connectivity index (χ4n) is 2.73. The molecule has 8 heteroatoms. The number of nitro groups is 1. The lowest BCUT2D eigenvalue weighted by Crippen LogP contribution is -2.03. The first-order chi connectivity index (χ1) is 14.5. The lowest BCUT2D eigenvalue weighted by Gasteiger charge is -2.09. The van der Waals surface area contributed by atoms with Crippen LogP contribution in [0.3, 0.4) is 0 Å². The summed E-state index contributed by atoms with van der Waals surface area (Å²) in [6.45, 7) is 0. The van der Waals surface area contributed by atoms with E-state index in [0.29, 0.717) is 28.6 Å². The number of carbonyl (C=O) groups excluding carboxylic acids is 1. The second kappa shape index (κ2) is 9.33. The Morgan fingerprint density at radius 1 is 1.07 bits per heavy atom. The van der Waals surface area contributed by atoms with Crippen LogP contribution in [0.25, 0.3) is 6.08 Å². The van der Waals surface area contributed by atoms with E-state index in [1.807, 2.05) is 6.07 Å². The quantitative estimate of drug-likeness (QED) is 0.252. The van der Waals surface area contributed by atoms with Gasteiger partial charge < -0.3 is 14.8 Å². The summed E-state index contributed by atoms with van der Waals surface area (Å²) in [4.78, 5) is 27.3. The first-order valence-electron chi connectivity index (χ1n) is 8.92. The normalized spacial score (nSPS) is 10.6. The van der Waals surface area contributed by atoms with Gasteiger partial charge in [-0.2, -0.15) is 0 Å². The van der Waals surface area contributed by atoms with Crippen molar-refractivity contribution >= 4 is 29.1 Å². The molecule has 1 heterocycles. The first kappa shape index (κ1) is 20.5. The summed E-state index contributed by atoms with van der Waals surface area (Å²) in [5, 5.41) is 13.8. The number of methoxy groups -OCH3 is 2. The highest BCUT2D eigenvalue weighted by Crippen LogP contribution is 2.28. The van der Waals surface area contributed by atoms with E-state index >= 15 is 0 Å². The van der Waals surface area contributed by atoms with Crippen LogP contribution in [-0.4, -0.2) is 29.9 Å². The number of ketones is 1. The molecule has 0 aliphatic carbocycles. The van der Waals surface area contributed by atoms with E-state index in [2.05, 4.69) is 10.3 Å². The van der Waals surface area contributed by atoms with Crippen LogP contribution in [0.2, 0.25) is 0 Å². The average Bonchev–Trinajstić information content (AvgIpc) is 2.78. The number of rotatable bonds is 8. The third-order valence-corrected chi connectivity index (χ3v) is 4.25. The molecule has 0 amide bonds.